The number of H-pyrrole nitrogens is 1. The van der Waals surface area contributed by atoms with Gasteiger partial charge in [-0.05, 0) is 75.9 Å². The average Bonchev–Trinajstić information content (AvgIpc) is 3.32. The van der Waals surface area contributed by atoms with E-state index < -0.39 is 26.6 Å². The SMILES string of the molecule is CCCc1ccc(F)c(S(=O)(=O)Nc2ccc(-c3nc(OC4CCN(C(C)C)CC4)c4c(C)[nH]nc4n3)cc2F)c1. The Morgan fingerprint density at radius 1 is 1.10 bits per heavy atom. The largest absolute Gasteiger partial charge is 0.474 e. The second-order valence-electron chi connectivity index (χ2n) is 10.7. The van der Waals surface area contributed by atoms with Crippen LogP contribution >= 0.6 is 0 Å². The van der Waals surface area contributed by atoms with Crippen LogP contribution in [0, 0.1) is 18.6 Å². The van der Waals surface area contributed by atoms with Crippen LogP contribution in [0.15, 0.2) is 41.3 Å². The molecular weight excluding hydrogens is 550 g/mol. The van der Waals surface area contributed by atoms with Gasteiger partial charge in [-0.1, -0.05) is 19.4 Å². The maximum atomic E-state index is 15.2. The average molecular weight is 585 g/mol. The minimum Gasteiger partial charge on any atom is -0.474 e. The first-order valence-electron chi connectivity index (χ1n) is 13.8. The molecule has 0 saturated carbocycles. The zero-order valence-corrected chi connectivity index (χ0v) is 24.4. The van der Waals surface area contributed by atoms with Crippen molar-refractivity contribution < 1.29 is 21.9 Å². The summed E-state index contributed by atoms with van der Waals surface area (Å²) in [5.74, 6) is -1.22. The molecule has 0 aliphatic carbocycles. The van der Waals surface area contributed by atoms with Crippen LogP contribution in [0.25, 0.3) is 22.4 Å². The number of sulfonamides is 1. The quantitative estimate of drug-likeness (QED) is 0.263. The molecule has 12 heteroatoms. The van der Waals surface area contributed by atoms with Crippen molar-refractivity contribution in [1.82, 2.24) is 25.1 Å². The van der Waals surface area contributed by atoms with E-state index in [-0.39, 0.29) is 17.6 Å². The van der Waals surface area contributed by atoms with Gasteiger partial charge in [0.25, 0.3) is 10.0 Å². The van der Waals surface area contributed by atoms with Crippen molar-refractivity contribution in [2.75, 3.05) is 17.8 Å². The number of piperidine rings is 1. The minimum absolute atomic E-state index is 0.0324. The zero-order chi connectivity index (χ0) is 29.3. The lowest BCUT2D eigenvalue weighted by atomic mass is 10.1. The van der Waals surface area contributed by atoms with Gasteiger partial charge in [0.15, 0.2) is 11.5 Å². The second kappa shape index (κ2) is 11.7. The molecule has 5 rings (SSSR count). The van der Waals surface area contributed by atoms with E-state index in [0.717, 1.165) is 50.2 Å². The Hall–Kier alpha value is -3.64. The summed E-state index contributed by atoms with van der Waals surface area (Å²) in [6, 6.07) is 8.28. The molecule has 3 heterocycles. The molecule has 2 aromatic carbocycles. The molecule has 0 unspecified atom stereocenters. The number of halogens is 2. The number of fused-ring (bicyclic) bond motifs is 1. The third kappa shape index (κ3) is 6.18. The number of benzene rings is 2. The summed E-state index contributed by atoms with van der Waals surface area (Å²) in [6.45, 7) is 9.98. The third-order valence-corrected chi connectivity index (χ3v) is 8.72. The third-order valence-electron chi connectivity index (χ3n) is 7.34. The smallest absolute Gasteiger partial charge is 0.264 e. The molecule has 2 aromatic heterocycles. The molecule has 2 N–H and O–H groups in total. The number of ether oxygens (including phenoxy) is 1. The van der Waals surface area contributed by atoms with Crippen LogP contribution in [0.2, 0.25) is 0 Å². The van der Waals surface area contributed by atoms with Crippen LogP contribution in [-0.2, 0) is 16.4 Å². The minimum atomic E-state index is -4.38. The Bertz CT molecular complexity index is 1670. The van der Waals surface area contributed by atoms with Crippen LogP contribution in [0.3, 0.4) is 0 Å². The van der Waals surface area contributed by atoms with E-state index in [1.54, 1.807) is 0 Å². The van der Waals surface area contributed by atoms with Crippen molar-refractivity contribution in [2.45, 2.75) is 70.4 Å². The number of anilines is 1. The van der Waals surface area contributed by atoms with E-state index in [1.165, 1.54) is 24.3 Å². The van der Waals surface area contributed by atoms with Crippen LogP contribution < -0.4 is 9.46 Å². The molecule has 0 atom stereocenters. The summed E-state index contributed by atoms with van der Waals surface area (Å²) in [7, 11) is -4.38. The van der Waals surface area contributed by atoms with Gasteiger partial charge in [-0.15, -0.1) is 0 Å². The summed E-state index contributed by atoms with van der Waals surface area (Å²) in [5, 5.41) is 7.83. The number of aromatic amines is 1. The van der Waals surface area contributed by atoms with Crippen LogP contribution in [0.5, 0.6) is 5.88 Å². The van der Waals surface area contributed by atoms with Gasteiger partial charge in [0.1, 0.15) is 28.0 Å². The van der Waals surface area contributed by atoms with Crippen molar-refractivity contribution in [3.8, 4) is 17.3 Å². The van der Waals surface area contributed by atoms with Crippen molar-refractivity contribution in [3.63, 3.8) is 0 Å². The van der Waals surface area contributed by atoms with Crippen molar-refractivity contribution in [2.24, 2.45) is 0 Å². The van der Waals surface area contributed by atoms with Crippen molar-refractivity contribution >= 4 is 26.7 Å². The molecule has 0 radical (unpaired) electrons. The van der Waals surface area contributed by atoms with Crippen LogP contribution in [-0.4, -0.2) is 58.7 Å². The van der Waals surface area contributed by atoms with Gasteiger partial charge in [0.2, 0.25) is 5.88 Å². The van der Waals surface area contributed by atoms with Gasteiger partial charge in [-0.25, -0.2) is 22.2 Å². The number of likely N-dealkylation sites (tertiary alicyclic amines) is 1. The lowest BCUT2D eigenvalue weighted by Crippen LogP contribution is -2.41. The van der Waals surface area contributed by atoms with Gasteiger partial charge < -0.3 is 9.64 Å². The molecule has 41 heavy (non-hydrogen) atoms. The molecule has 9 nitrogen and oxygen atoms in total. The molecule has 1 saturated heterocycles. The van der Waals surface area contributed by atoms with E-state index in [0.29, 0.717) is 40.5 Å². The molecule has 218 valence electrons. The fourth-order valence-corrected chi connectivity index (χ4v) is 6.24. The summed E-state index contributed by atoms with van der Waals surface area (Å²) in [4.78, 5) is 11.0. The Kier molecular flexibility index (Phi) is 8.23. The van der Waals surface area contributed by atoms with Crippen LogP contribution in [0.4, 0.5) is 14.5 Å². The predicted molar refractivity (Wildman–Crippen MR) is 153 cm³/mol. The number of aryl methyl sites for hydroxylation is 2. The van der Waals surface area contributed by atoms with E-state index in [2.05, 4.69) is 43.6 Å². The topological polar surface area (TPSA) is 113 Å². The molecule has 1 aliphatic heterocycles. The summed E-state index contributed by atoms with van der Waals surface area (Å²) >= 11 is 0. The molecule has 0 amide bonds. The first kappa shape index (κ1) is 28.9. The lowest BCUT2D eigenvalue weighted by molar-refractivity contribution is 0.0824. The van der Waals surface area contributed by atoms with Gasteiger partial charge in [-0.2, -0.15) is 10.1 Å². The molecule has 0 bridgehead atoms. The Balaban J connectivity index is 1.41. The highest BCUT2D eigenvalue weighted by Crippen LogP contribution is 2.32. The normalized spacial score (nSPS) is 15.1. The maximum Gasteiger partial charge on any atom is 0.264 e. The van der Waals surface area contributed by atoms with Crippen molar-refractivity contribution in [1.29, 1.82) is 0 Å². The highest BCUT2D eigenvalue weighted by molar-refractivity contribution is 7.92. The predicted octanol–water partition coefficient (Wildman–Crippen LogP) is 5.61. The van der Waals surface area contributed by atoms with E-state index in [4.69, 9.17) is 4.74 Å². The number of hydrogen-bond donors (Lipinski definition) is 2. The van der Waals surface area contributed by atoms with Gasteiger partial charge in [-0.3, -0.25) is 9.82 Å². The van der Waals surface area contributed by atoms with Gasteiger partial charge >= 0.3 is 0 Å². The molecular formula is C29H34F2N6O3S. The Morgan fingerprint density at radius 3 is 2.54 bits per heavy atom. The van der Waals surface area contributed by atoms with E-state index in [9.17, 15) is 12.8 Å². The van der Waals surface area contributed by atoms with E-state index >= 15 is 4.39 Å². The highest BCUT2D eigenvalue weighted by atomic mass is 32.2. The lowest BCUT2D eigenvalue weighted by Gasteiger charge is -2.34. The Labute approximate surface area is 238 Å². The maximum absolute atomic E-state index is 15.2. The monoisotopic (exact) mass is 584 g/mol. The number of nitrogens with one attached hydrogen (secondary N) is 2. The molecule has 1 fully saturated rings. The Morgan fingerprint density at radius 2 is 1.85 bits per heavy atom. The highest BCUT2D eigenvalue weighted by Gasteiger charge is 2.26. The van der Waals surface area contributed by atoms with E-state index in [1.807, 2.05) is 13.8 Å². The second-order valence-corrected chi connectivity index (χ2v) is 12.3. The standard InChI is InChI=1S/C29H34F2N6O3S/c1-5-6-19-7-9-22(30)25(15-19)41(38,39)36-24-10-8-20(16-23(24)31)27-32-28-26(18(4)34-35-28)29(33-27)40-21-11-13-37(14-12-21)17(2)3/h7-10,15-17,21,36H,5-6,11-14H2,1-4H3,(H,32,33,34,35). The number of aromatic nitrogens is 4. The van der Waals surface area contributed by atoms with Crippen LogP contribution in [0.1, 0.15) is 51.3 Å². The zero-order valence-electron chi connectivity index (χ0n) is 23.5. The fraction of sp³-hybridized carbons (Fsp3) is 0.414. The van der Waals surface area contributed by atoms with Gasteiger partial charge in [0, 0.05) is 30.4 Å². The first-order chi connectivity index (χ1) is 19.6. The fourth-order valence-electron chi connectivity index (χ4n) is 5.05. The number of rotatable bonds is 9. The van der Waals surface area contributed by atoms with Gasteiger partial charge in [0.05, 0.1) is 5.69 Å². The molecule has 4 aromatic rings. The number of hydrogen-bond acceptors (Lipinski definition) is 7. The first-order valence-corrected chi connectivity index (χ1v) is 15.3. The summed E-state index contributed by atoms with van der Waals surface area (Å²) < 4.78 is 64.1. The number of nitrogens with zero attached hydrogens (tertiary/aromatic N) is 4. The summed E-state index contributed by atoms with van der Waals surface area (Å²) in [6.07, 6.45) is 3.02. The van der Waals surface area contributed by atoms with Crippen molar-refractivity contribution in [3.05, 3.63) is 59.3 Å². The molecule has 1 aliphatic rings. The molecule has 0 spiro atoms. The summed E-state index contributed by atoms with van der Waals surface area (Å²) in [5.41, 5.74) is 1.81.